The quantitative estimate of drug-likeness (QED) is 0.0454. The number of rotatable bonds is 18. The van der Waals surface area contributed by atoms with Gasteiger partial charge in [-0.15, -0.1) is 0 Å². The third-order valence-electron chi connectivity index (χ3n) is 20.4. The van der Waals surface area contributed by atoms with Crippen LogP contribution in [-0.2, 0) is 0 Å². The van der Waals surface area contributed by atoms with Crippen molar-refractivity contribution in [2.45, 2.75) is 79.1 Å². The predicted octanol–water partition coefficient (Wildman–Crippen LogP) is 23.2. The topological polar surface area (TPSA) is 163 Å². The fraction of sp³-hybridized carbons (Fsp3) is 0.130. The number of hydrogen-bond acceptors (Lipinski definition) is 12. The largest absolute Gasteiger partial charge is 0.456 e. The molecule has 17 rings (SSSR count). The number of ether oxygens (including phenoxy) is 4. The fourth-order valence-corrected chi connectivity index (χ4v) is 15.6. The Kier molecular flexibility index (Phi) is 16.6. The molecule has 4 aromatic heterocycles. The highest BCUT2D eigenvalue weighted by Crippen LogP contribution is 2.60. The van der Waals surface area contributed by atoms with E-state index in [0.717, 1.165) is 44.5 Å². The van der Waals surface area contributed by atoms with Crippen LogP contribution in [0.4, 0.5) is 11.4 Å². The summed E-state index contributed by atoms with van der Waals surface area (Å²) in [6, 6.07) is 64.7. The number of benzene rings is 11. The van der Waals surface area contributed by atoms with Gasteiger partial charge in [-0.05, 0) is 165 Å². The monoisotopic (exact) mass is 1390 g/mol. The molecule has 0 fully saturated rings. The van der Waals surface area contributed by atoms with Gasteiger partial charge in [0.1, 0.15) is 46.0 Å². The van der Waals surface area contributed by atoms with Gasteiger partial charge < -0.3 is 18.9 Å². The molecular formula is C92H70N6O8. The van der Waals surface area contributed by atoms with Gasteiger partial charge in [0.05, 0.1) is 33.6 Å². The van der Waals surface area contributed by atoms with Crippen molar-refractivity contribution in [2.24, 2.45) is 0 Å². The summed E-state index contributed by atoms with van der Waals surface area (Å²) in [5.74, 6) is -0.588. The molecule has 0 unspecified atom stereocenters. The van der Waals surface area contributed by atoms with Crippen molar-refractivity contribution in [2.75, 3.05) is 9.80 Å². The maximum Gasteiger partial charge on any atom is 0.266 e. The highest BCUT2D eigenvalue weighted by Gasteiger charge is 2.45. The first-order valence-electron chi connectivity index (χ1n) is 35.7. The average molecular weight is 1390 g/mol. The lowest BCUT2D eigenvalue weighted by atomic mass is 9.80. The van der Waals surface area contributed by atoms with Gasteiger partial charge >= 0.3 is 0 Å². The van der Waals surface area contributed by atoms with E-state index in [1.807, 2.05) is 182 Å². The van der Waals surface area contributed by atoms with Crippen LogP contribution in [0.15, 0.2) is 256 Å². The maximum atomic E-state index is 16.9. The molecule has 4 amide bonds. The van der Waals surface area contributed by atoms with E-state index >= 15 is 19.2 Å². The summed E-state index contributed by atoms with van der Waals surface area (Å²) < 4.78 is 30.9. The first kappa shape index (κ1) is 66.1. The number of aromatic nitrogens is 4. The van der Waals surface area contributed by atoms with E-state index in [0.29, 0.717) is 99.7 Å². The number of carbonyl (C=O) groups is 4. The Hall–Kier alpha value is -13.2. The number of para-hydroxylation sites is 6. The number of anilines is 2. The molecule has 15 aromatic rings. The molecule has 0 N–H and O–H groups in total. The van der Waals surface area contributed by atoms with Gasteiger partial charge in [-0.25, -0.2) is 9.80 Å². The first-order chi connectivity index (χ1) is 51.6. The highest BCUT2D eigenvalue weighted by molar-refractivity contribution is 6.48. The molecule has 0 atom stereocenters. The van der Waals surface area contributed by atoms with Crippen LogP contribution in [-0.4, -0.2) is 43.6 Å². The van der Waals surface area contributed by atoms with Crippen LogP contribution in [0, 0.1) is 0 Å². The van der Waals surface area contributed by atoms with Gasteiger partial charge in [0.2, 0.25) is 0 Å². The molecule has 6 heterocycles. The maximum absolute atomic E-state index is 16.9. The SMILES string of the molecule is CC(C)c1cccc(C(C)C)c1N1C(=O)c2cc(Oc3ccccc3-c3ccncc3)c3c4c(Oc5ccccc5-c5ccncc5)cc5c6c(cc(Oc7ccccc7-c7ccncc7)c(c7c(Oc8ccccc8-c8ccncc8)cc(c2c37)C1=O)c64)C(=O)N(c1c(C(C)C)cccc1C(C)C)C5=O. The van der Waals surface area contributed by atoms with E-state index in [4.69, 9.17) is 18.9 Å². The molecule has 14 heteroatoms. The molecule has 0 saturated carbocycles. The standard InChI is InChI=1S/C92H70N6O8/c1-51(2)59-23-17-24-60(52(3)4)87(59)97-89(99)67-47-75(103-71-27-13-9-19-63(71)55-31-39-93-40-32-55)81-83-77(105-73-29-15-11-21-65(73)57-35-43-95-44-36-57)49-69-80-70(92(102)98(91(69)101)88-61(53(5)6)25-18-26-62(88)54(7)8)50-78(106-74-30-16-12-22-66(74)58-37-45-96-46-38-58)84(86(80)83)82-76(48-68(90(97)100)79(67)85(81)82)104-72-28-14-10-20-64(72)56-33-41-94-42-34-56/h9-54H,1-8H3. The van der Waals surface area contributed by atoms with Gasteiger partial charge in [-0.1, -0.05) is 165 Å². The lowest BCUT2D eigenvalue weighted by Gasteiger charge is -2.35. The zero-order valence-electron chi connectivity index (χ0n) is 59.5. The summed E-state index contributed by atoms with van der Waals surface area (Å²) in [6.07, 6.45) is 13.8. The van der Waals surface area contributed by atoms with Crippen LogP contribution in [0.2, 0.25) is 0 Å². The van der Waals surface area contributed by atoms with Gasteiger partial charge in [0, 0.05) is 115 Å². The van der Waals surface area contributed by atoms with Crippen molar-refractivity contribution in [3.8, 4) is 90.5 Å². The summed E-state index contributed by atoms with van der Waals surface area (Å²) in [5, 5.41) is 2.75. The van der Waals surface area contributed by atoms with Crippen molar-refractivity contribution >= 4 is 78.1 Å². The van der Waals surface area contributed by atoms with Crippen molar-refractivity contribution < 1.29 is 38.1 Å². The molecule has 0 bridgehead atoms. The Balaban J connectivity index is 1.11. The third kappa shape index (κ3) is 10.9. The van der Waals surface area contributed by atoms with Crippen LogP contribution in [0.25, 0.3) is 87.6 Å². The average Bonchev–Trinajstić information content (AvgIpc) is 0.669. The molecule has 0 spiro atoms. The van der Waals surface area contributed by atoms with Gasteiger partial charge in [-0.2, -0.15) is 0 Å². The fourth-order valence-electron chi connectivity index (χ4n) is 15.6. The van der Waals surface area contributed by atoms with Gasteiger partial charge in [0.25, 0.3) is 23.6 Å². The molecule has 0 aliphatic carbocycles. The molecular weight excluding hydrogens is 1320 g/mol. The van der Waals surface area contributed by atoms with E-state index < -0.39 is 23.6 Å². The zero-order chi connectivity index (χ0) is 72.8. The summed E-state index contributed by atoms with van der Waals surface area (Å²) in [5.41, 5.74) is 10.8. The molecule has 14 nitrogen and oxygen atoms in total. The molecule has 2 aliphatic rings. The van der Waals surface area contributed by atoms with Crippen LogP contribution < -0.4 is 28.7 Å². The number of fused-ring (bicyclic) bond motifs is 2. The minimum atomic E-state index is -0.589. The second-order valence-corrected chi connectivity index (χ2v) is 28.1. The summed E-state index contributed by atoms with van der Waals surface area (Å²) in [6.45, 7) is 16.5. The van der Waals surface area contributed by atoms with E-state index in [1.165, 1.54) is 9.80 Å². The van der Waals surface area contributed by atoms with E-state index in [2.05, 4.69) is 75.3 Å². The van der Waals surface area contributed by atoms with Crippen LogP contribution >= 0.6 is 0 Å². The lowest BCUT2D eigenvalue weighted by molar-refractivity contribution is 0.0877. The van der Waals surface area contributed by atoms with E-state index in [1.54, 1.807) is 73.8 Å². The Morgan fingerprint density at radius 3 is 0.670 bits per heavy atom. The van der Waals surface area contributed by atoms with Crippen LogP contribution in [0.5, 0.6) is 46.0 Å². The van der Waals surface area contributed by atoms with E-state index in [9.17, 15) is 0 Å². The first-order valence-corrected chi connectivity index (χ1v) is 35.7. The smallest absolute Gasteiger partial charge is 0.266 e. The molecule has 2 aliphatic heterocycles. The summed E-state index contributed by atoms with van der Waals surface area (Å²) >= 11 is 0. The summed E-state index contributed by atoms with van der Waals surface area (Å²) in [7, 11) is 0. The number of hydrogen-bond donors (Lipinski definition) is 0. The number of pyridine rings is 4. The molecule has 0 saturated heterocycles. The number of imide groups is 2. The molecule has 106 heavy (non-hydrogen) atoms. The van der Waals surface area contributed by atoms with Crippen molar-refractivity contribution in [1.29, 1.82) is 0 Å². The van der Waals surface area contributed by atoms with E-state index in [-0.39, 0.29) is 68.9 Å². The Morgan fingerprint density at radius 1 is 0.236 bits per heavy atom. The number of carbonyl (C=O) groups excluding carboxylic acids is 4. The van der Waals surface area contributed by atoms with Crippen molar-refractivity contribution in [3.05, 3.63) is 300 Å². The molecule has 516 valence electrons. The van der Waals surface area contributed by atoms with Gasteiger partial charge in [0.15, 0.2) is 0 Å². The molecule has 0 radical (unpaired) electrons. The minimum Gasteiger partial charge on any atom is -0.456 e. The second kappa shape index (κ2) is 26.6. The Bertz CT molecular complexity index is 5360. The third-order valence-corrected chi connectivity index (χ3v) is 20.4. The predicted molar refractivity (Wildman–Crippen MR) is 418 cm³/mol. The van der Waals surface area contributed by atoms with Crippen LogP contribution in [0.3, 0.4) is 0 Å². The highest BCUT2D eigenvalue weighted by atomic mass is 16.5. The Morgan fingerprint density at radius 2 is 0.453 bits per heavy atom. The minimum absolute atomic E-state index is 0.130. The van der Waals surface area contributed by atoms with Crippen molar-refractivity contribution in [3.63, 3.8) is 0 Å². The normalized spacial score (nSPS) is 12.9. The van der Waals surface area contributed by atoms with Gasteiger partial charge in [-0.3, -0.25) is 39.1 Å². The van der Waals surface area contributed by atoms with Crippen molar-refractivity contribution in [1.82, 2.24) is 19.9 Å². The number of nitrogens with zero attached hydrogens (tertiary/aromatic N) is 6. The number of amides is 4. The van der Waals surface area contributed by atoms with Crippen LogP contribution in [0.1, 0.15) is 143 Å². The molecule has 11 aromatic carbocycles. The Labute approximate surface area is 612 Å². The second-order valence-electron chi connectivity index (χ2n) is 28.1. The zero-order valence-corrected chi connectivity index (χ0v) is 59.5. The lowest BCUT2D eigenvalue weighted by Crippen LogP contribution is -2.42. The summed E-state index contributed by atoms with van der Waals surface area (Å²) in [4.78, 5) is 87.9.